The normalized spacial score (nSPS) is 11.7. The number of nitrogens with one attached hydrogen (secondary N) is 1. The number of aryl methyl sites for hydroxylation is 1. The number of hydrogen-bond acceptors (Lipinski definition) is 4. The summed E-state index contributed by atoms with van der Waals surface area (Å²) < 4.78 is 34.2. The Bertz CT molecular complexity index is 736. The molecule has 6 nitrogen and oxygen atoms in total. The minimum Gasteiger partial charge on any atom is -0.496 e. The Labute approximate surface area is 124 Å². The van der Waals surface area contributed by atoms with Crippen LogP contribution in [0.4, 0.5) is 5.82 Å². The fraction of sp³-hybridized carbons (Fsp3) is 0.357. The molecule has 1 aromatic heterocycles. The van der Waals surface area contributed by atoms with Crippen molar-refractivity contribution in [3.8, 4) is 5.75 Å². The van der Waals surface area contributed by atoms with Crippen molar-refractivity contribution in [2.75, 3.05) is 11.8 Å². The van der Waals surface area contributed by atoms with Crippen molar-refractivity contribution in [1.82, 2.24) is 9.78 Å². The molecule has 1 N–H and O–H groups in total. The Morgan fingerprint density at radius 3 is 2.57 bits per heavy atom. The Morgan fingerprint density at radius 2 is 2.00 bits per heavy atom. The van der Waals surface area contributed by atoms with E-state index in [2.05, 4.69) is 9.82 Å². The molecule has 0 unspecified atom stereocenters. The standard InChI is InChI=1S/C14H19N3O3S/c1-10(2)17-14(7-8-15-17)16-21(18,19)12-5-6-13(20-4)11(3)9-12/h5-10,16H,1-4H3. The van der Waals surface area contributed by atoms with Gasteiger partial charge in [-0.15, -0.1) is 0 Å². The van der Waals surface area contributed by atoms with E-state index < -0.39 is 10.0 Å². The van der Waals surface area contributed by atoms with Crippen molar-refractivity contribution in [3.05, 3.63) is 36.0 Å². The lowest BCUT2D eigenvalue weighted by molar-refractivity contribution is 0.411. The number of aromatic nitrogens is 2. The molecular weight excluding hydrogens is 290 g/mol. The lowest BCUT2D eigenvalue weighted by atomic mass is 10.2. The molecular formula is C14H19N3O3S. The van der Waals surface area contributed by atoms with Crippen molar-refractivity contribution < 1.29 is 13.2 Å². The number of ether oxygens (including phenoxy) is 1. The van der Waals surface area contributed by atoms with E-state index >= 15 is 0 Å². The van der Waals surface area contributed by atoms with E-state index in [9.17, 15) is 8.42 Å². The summed E-state index contributed by atoms with van der Waals surface area (Å²) in [5.41, 5.74) is 0.762. The molecule has 0 radical (unpaired) electrons. The predicted octanol–water partition coefficient (Wildman–Crippen LogP) is 2.58. The molecule has 0 aliphatic heterocycles. The number of anilines is 1. The zero-order valence-electron chi connectivity index (χ0n) is 12.5. The first kappa shape index (κ1) is 15.4. The van der Waals surface area contributed by atoms with Gasteiger partial charge in [-0.25, -0.2) is 13.1 Å². The minimum absolute atomic E-state index is 0.0651. The molecule has 2 aromatic rings. The molecule has 21 heavy (non-hydrogen) atoms. The maximum absolute atomic E-state index is 12.4. The summed E-state index contributed by atoms with van der Waals surface area (Å²) in [6.45, 7) is 5.67. The maximum atomic E-state index is 12.4. The molecule has 114 valence electrons. The lowest BCUT2D eigenvalue weighted by Gasteiger charge is -2.14. The molecule has 0 spiro atoms. The highest BCUT2D eigenvalue weighted by molar-refractivity contribution is 7.92. The Kier molecular flexibility index (Phi) is 4.22. The first-order valence-corrected chi connectivity index (χ1v) is 8.04. The summed E-state index contributed by atoms with van der Waals surface area (Å²) >= 11 is 0. The molecule has 0 amide bonds. The zero-order valence-corrected chi connectivity index (χ0v) is 13.3. The first-order chi connectivity index (χ1) is 9.85. The van der Waals surface area contributed by atoms with Gasteiger partial charge >= 0.3 is 0 Å². The van der Waals surface area contributed by atoms with Crippen LogP contribution in [0.2, 0.25) is 0 Å². The molecule has 0 atom stereocenters. The quantitative estimate of drug-likeness (QED) is 0.921. The number of benzene rings is 1. The van der Waals surface area contributed by atoms with Gasteiger partial charge in [0.25, 0.3) is 10.0 Å². The number of rotatable bonds is 5. The molecule has 7 heteroatoms. The van der Waals surface area contributed by atoms with E-state index in [1.807, 2.05) is 13.8 Å². The highest BCUT2D eigenvalue weighted by Crippen LogP contribution is 2.23. The van der Waals surface area contributed by atoms with Crippen LogP contribution in [0.25, 0.3) is 0 Å². The van der Waals surface area contributed by atoms with Crippen LogP contribution in [0, 0.1) is 6.92 Å². The molecule has 0 bridgehead atoms. The Hall–Kier alpha value is -2.02. The van der Waals surface area contributed by atoms with Gasteiger partial charge in [0, 0.05) is 12.1 Å². The third-order valence-corrected chi connectivity index (χ3v) is 4.43. The third kappa shape index (κ3) is 3.18. The Morgan fingerprint density at radius 1 is 1.29 bits per heavy atom. The summed E-state index contributed by atoms with van der Waals surface area (Å²) in [4.78, 5) is 0.192. The SMILES string of the molecule is COc1ccc(S(=O)(=O)Nc2ccnn2C(C)C)cc1C. The van der Waals surface area contributed by atoms with Gasteiger partial charge < -0.3 is 4.74 Å². The van der Waals surface area contributed by atoms with E-state index in [1.54, 1.807) is 43.1 Å². The van der Waals surface area contributed by atoms with Crippen LogP contribution in [0.3, 0.4) is 0 Å². The van der Waals surface area contributed by atoms with Crippen LogP contribution in [-0.4, -0.2) is 25.3 Å². The summed E-state index contributed by atoms with van der Waals surface area (Å²) in [6.07, 6.45) is 1.57. The van der Waals surface area contributed by atoms with Crippen molar-refractivity contribution >= 4 is 15.8 Å². The average molecular weight is 309 g/mol. The summed E-state index contributed by atoms with van der Waals surface area (Å²) in [7, 11) is -2.10. The molecule has 2 rings (SSSR count). The molecule has 1 aromatic carbocycles. The van der Waals surface area contributed by atoms with Gasteiger partial charge in [0.2, 0.25) is 0 Å². The number of hydrogen-bond donors (Lipinski definition) is 1. The summed E-state index contributed by atoms with van der Waals surface area (Å²) in [5, 5.41) is 4.11. The monoisotopic (exact) mass is 309 g/mol. The van der Waals surface area contributed by atoms with Crippen LogP contribution in [0.15, 0.2) is 35.4 Å². The van der Waals surface area contributed by atoms with E-state index in [4.69, 9.17) is 4.74 Å². The number of nitrogens with zero attached hydrogens (tertiary/aromatic N) is 2. The maximum Gasteiger partial charge on any atom is 0.263 e. The average Bonchev–Trinajstić information content (AvgIpc) is 2.86. The Balaban J connectivity index is 2.34. The van der Waals surface area contributed by atoms with Crippen LogP contribution in [0.5, 0.6) is 5.75 Å². The third-order valence-electron chi connectivity index (χ3n) is 3.07. The summed E-state index contributed by atoms with van der Waals surface area (Å²) in [5.74, 6) is 1.10. The molecule has 0 aliphatic carbocycles. The van der Waals surface area contributed by atoms with Crippen LogP contribution >= 0.6 is 0 Å². The minimum atomic E-state index is -3.65. The van der Waals surface area contributed by atoms with Gasteiger partial charge in [-0.1, -0.05) is 0 Å². The number of methoxy groups -OCH3 is 1. The topological polar surface area (TPSA) is 73.2 Å². The van der Waals surface area contributed by atoms with E-state index in [0.717, 1.165) is 5.56 Å². The molecule has 0 fully saturated rings. The molecule has 1 heterocycles. The highest BCUT2D eigenvalue weighted by atomic mass is 32.2. The predicted molar refractivity (Wildman–Crippen MR) is 81.2 cm³/mol. The fourth-order valence-corrected chi connectivity index (χ4v) is 3.16. The van der Waals surface area contributed by atoms with Crippen LogP contribution < -0.4 is 9.46 Å². The summed E-state index contributed by atoms with van der Waals surface area (Å²) in [6, 6.07) is 6.44. The van der Waals surface area contributed by atoms with Gasteiger partial charge in [-0.05, 0) is 44.5 Å². The van der Waals surface area contributed by atoms with Crippen molar-refractivity contribution in [3.63, 3.8) is 0 Å². The molecule has 0 saturated heterocycles. The zero-order chi connectivity index (χ0) is 15.6. The highest BCUT2D eigenvalue weighted by Gasteiger charge is 2.18. The largest absolute Gasteiger partial charge is 0.496 e. The smallest absolute Gasteiger partial charge is 0.263 e. The first-order valence-electron chi connectivity index (χ1n) is 6.56. The van der Waals surface area contributed by atoms with Crippen molar-refractivity contribution in [2.45, 2.75) is 31.7 Å². The molecule has 0 aliphatic rings. The van der Waals surface area contributed by atoms with Gasteiger partial charge in [0.15, 0.2) is 0 Å². The fourth-order valence-electron chi connectivity index (χ4n) is 2.02. The van der Waals surface area contributed by atoms with Gasteiger partial charge in [-0.3, -0.25) is 4.72 Å². The molecule has 0 saturated carbocycles. The van der Waals surface area contributed by atoms with Gasteiger partial charge in [0.05, 0.1) is 18.2 Å². The second-order valence-corrected chi connectivity index (χ2v) is 6.67. The van der Waals surface area contributed by atoms with Crippen molar-refractivity contribution in [2.24, 2.45) is 0 Å². The van der Waals surface area contributed by atoms with E-state index in [0.29, 0.717) is 11.6 Å². The van der Waals surface area contributed by atoms with E-state index in [-0.39, 0.29) is 10.9 Å². The van der Waals surface area contributed by atoms with Gasteiger partial charge in [0.1, 0.15) is 11.6 Å². The second kappa shape index (κ2) is 5.77. The number of sulfonamides is 1. The van der Waals surface area contributed by atoms with Crippen molar-refractivity contribution in [1.29, 1.82) is 0 Å². The lowest BCUT2D eigenvalue weighted by Crippen LogP contribution is -2.17. The second-order valence-electron chi connectivity index (χ2n) is 4.99. The van der Waals surface area contributed by atoms with E-state index in [1.165, 1.54) is 6.07 Å². The van der Waals surface area contributed by atoms with Crippen LogP contribution in [0.1, 0.15) is 25.5 Å². The van der Waals surface area contributed by atoms with Crippen LogP contribution in [-0.2, 0) is 10.0 Å². The van der Waals surface area contributed by atoms with Gasteiger partial charge in [-0.2, -0.15) is 5.10 Å².